The molecule has 222 valence electrons. The van der Waals surface area contributed by atoms with Crippen LogP contribution in [0, 0.1) is 0 Å². The average Bonchev–Trinajstić information content (AvgIpc) is 3.04. The Hall–Kier alpha value is -4.32. The van der Waals surface area contributed by atoms with Crippen molar-refractivity contribution in [1.29, 1.82) is 0 Å². The smallest absolute Gasteiger partial charge is 0.337 e. The molecule has 2 unspecified atom stereocenters. The van der Waals surface area contributed by atoms with E-state index in [1.165, 1.54) is 6.42 Å². The summed E-state index contributed by atoms with van der Waals surface area (Å²) in [5.41, 5.74) is 5.75. The minimum Gasteiger partial charge on any atom is -0.493 e. The summed E-state index contributed by atoms with van der Waals surface area (Å²) in [6.45, 7) is 2.32. The maximum absolute atomic E-state index is 14.0. The van der Waals surface area contributed by atoms with Crippen LogP contribution in [0.25, 0.3) is 0 Å². The fourth-order valence-electron chi connectivity index (χ4n) is 6.72. The molecule has 3 aliphatic rings. The number of benzene rings is 3. The van der Waals surface area contributed by atoms with Crippen LogP contribution in [-0.4, -0.2) is 25.0 Å². The summed E-state index contributed by atoms with van der Waals surface area (Å²) in [4.78, 5) is 27.9. The second-order valence-corrected chi connectivity index (χ2v) is 11.8. The van der Waals surface area contributed by atoms with Gasteiger partial charge in [0, 0.05) is 29.3 Å². The molecule has 2 aliphatic carbocycles. The van der Waals surface area contributed by atoms with Crippen LogP contribution in [0.1, 0.15) is 80.4 Å². The lowest BCUT2D eigenvalue weighted by Crippen LogP contribution is -2.37. The van der Waals surface area contributed by atoms with E-state index in [9.17, 15) is 9.59 Å². The van der Waals surface area contributed by atoms with Crippen molar-refractivity contribution in [2.45, 2.75) is 76.4 Å². The van der Waals surface area contributed by atoms with Crippen molar-refractivity contribution in [2.75, 3.05) is 7.11 Å². The Bertz CT molecular complexity index is 1540. The quantitative estimate of drug-likeness (QED) is 0.279. The molecule has 1 heterocycles. The lowest BCUT2D eigenvalue weighted by molar-refractivity contribution is -0.146. The molecule has 0 saturated heterocycles. The van der Waals surface area contributed by atoms with E-state index in [2.05, 4.69) is 17.4 Å². The number of esters is 1. The van der Waals surface area contributed by atoms with E-state index in [0.29, 0.717) is 42.1 Å². The Morgan fingerprint density at radius 2 is 1.58 bits per heavy atom. The van der Waals surface area contributed by atoms with Gasteiger partial charge in [-0.05, 0) is 73.8 Å². The Kier molecular flexibility index (Phi) is 8.64. The van der Waals surface area contributed by atoms with Gasteiger partial charge >= 0.3 is 5.97 Å². The molecule has 2 atom stereocenters. The van der Waals surface area contributed by atoms with E-state index in [4.69, 9.17) is 14.2 Å². The molecule has 1 saturated carbocycles. The molecule has 43 heavy (non-hydrogen) atoms. The predicted octanol–water partition coefficient (Wildman–Crippen LogP) is 7.51. The van der Waals surface area contributed by atoms with Gasteiger partial charge in [0.2, 0.25) is 0 Å². The van der Waals surface area contributed by atoms with Crippen LogP contribution < -0.4 is 14.8 Å². The van der Waals surface area contributed by atoms with Crippen molar-refractivity contribution in [1.82, 2.24) is 5.32 Å². The fraction of sp³-hybridized carbons (Fsp3) is 0.351. The highest BCUT2D eigenvalue weighted by atomic mass is 16.5. The monoisotopic (exact) mass is 577 g/mol. The van der Waals surface area contributed by atoms with Gasteiger partial charge in [-0.3, -0.25) is 4.79 Å². The summed E-state index contributed by atoms with van der Waals surface area (Å²) in [6, 6.07) is 25.9. The van der Waals surface area contributed by atoms with Crippen LogP contribution in [0.5, 0.6) is 11.5 Å². The van der Waals surface area contributed by atoms with Gasteiger partial charge in [0.1, 0.15) is 12.7 Å². The van der Waals surface area contributed by atoms with Gasteiger partial charge in [0.15, 0.2) is 17.3 Å². The third kappa shape index (κ3) is 6.24. The molecule has 0 amide bonds. The second kappa shape index (κ2) is 12.9. The van der Waals surface area contributed by atoms with Gasteiger partial charge in [0.25, 0.3) is 0 Å². The van der Waals surface area contributed by atoms with Crippen molar-refractivity contribution in [2.24, 2.45) is 0 Å². The predicted molar refractivity (Wildman–Crippen MR) is 166 cm³/mol. The third-order valence-electron chi connectivity index (χ3n) is 8.90. The topological polar surface area (TPSA) is 73.9 Å². The number of rotatable bonds is 8. The van der Waals surface area contributed by atoms with Crippen LogP contribution in [-0.2, 0) is 20.9 Å². The Morgan fingerprint density at radius 1 is 0.860 bits per heavy atom. The number of ether oxygens (including phenoxy) is 3. The van der Waals surface area contributed by atoms with Gasteiger partial charge in [-0.25, -0.2) is 4.79 Å². The van der Waals surface area contributed by atoms with Crippen molar-refractivity contribution in [3.8, 4) is 11.5 Å². The first kappa shape index (κ1) is 28.8. The summed E-state index contributed by atoms with van der Waals surface area (Å²) in [5.74, 6) is 0.365. The molecule has 0 aromatic heterocycles. The molecule has 6 heteroatoms. The van der Waals surface area contributed by atoms with Crippen LogP contribution in [0.3, 0.4) is 0 Å². The van der Waals surface area contributed by atoms with Crippen LogP contribution in [0.2, 0.25) is 0 Å². The van der Waals surface area contributed by atoms with Crippen LogP contribution in [0.4, 0.5) is 0 Å². The molecule has 6 nitrogen and oxygen atoms in total. The summed E-state index contributed by atoms with van der Waals surface area (Å²) < 4.78 is 18.0. The van der Waals surface area contributed by atoms with Crippen molar-refractivity contribution in [3.63, 3.8) is 0 Å². The number of Topliss-reactive ketones (excluding diaryl/α,β-unsaturated/α-hetero) is 1. The van der Waals surface area contributed by atoms with E-state index >= 15 is 0 Å². The summed E-state index contributed by atoms with van der Waals surface area (Å²) >= 11 is 0. The summed E-state index contributed by atoms with van der Waals surface area (Å²) in [5, 5.41) is 3.48. The van der Waals surface area contributed by atoms with Gasteiger partial charge in [0.05, 0.1) is 12.7 Å². The molecule has 1 N–H and O–H groups in total. The number of hydrogen-bond donors (Lipinski definition) is 1. The number of dihydropyridines is 1. The lowest BCUT2D eigenvalue weighted by atomic mass is 9.71. The van der Waals surface area contributed by atoms with Gasteiger partial charge in [-0.15, -0.1) is 0 Å². The number of hydrogen-bond acceptors (Lipinski definition) is 6. The lowest BCUT2D eigenvalue weighted by Gasteiger charge is -2.37. The number of nitrogens with one attached hydrogen (secondary N) is 1. The first-order valence-corrected chi connectivity index (χ1v) is 15.4. The first-order chi connectivity index (χ1) is 21.0. The molecule has 3 aromatic carbocycles. The molecule has 0 spiro atoms. The third-order valence-corrected chi connectivity index (χ3v) is 8.90. The molecular formula is C37H39NO5. The van der Waals surface area contributed by atoms with Gasteiger partial charge in [-0.2, -0.15) is 0 Å². The SMILES string of the molecule is COc1cc(C2C(C(=O)OC3CCCCC3)=C(C)NC3=C2C(=O)CC(c2ccccc2)C3)ccc1OCc1ccccc1. The maximum Gasteiger partial charge on any atom is 0.337 e. The van der Waals surface area contributed by atoms with Crippen molar-refractivity contribution < 1.29 is 23.8 Å². The van der Waals surface area contributed by atoms with Crippen molar-refractivity contribution in [3.05, 3.63) is 118 Å². The fourth-order valence-corrected chi connectivity index (χ4v) is 6.72. The molecule has 1 fully saturated rings. The zero-order valence-electron chi connectivity index (χ0n) is 24.9. The highest BCUT2D eigenvalue weighted by molar-refractivity contribution is 6.04. The van der Waals surface area contributed by atoms with Crippen LogP contribution in [0.15, 0.2) is 101 Å². The second-order valence-electron chi connectivity index (χ2n) is 11.8. The van der Waals surface area contributed by atoms with Gasteiger partial charge < -0.3 is 19.5 Å². The molecular weight excluding hydrogens is 538 g/mol. The number of carbonyl (C=O) groups excluding carboxylic acids is 2. The van der Waals surface area contributed by atoms with E-state index in [-0.39, 0.29) is 23.8 Å². The normalized spacial score (nSPS) is 20.7. The largest absolute Gasteiger partial charge is 0.493 e. The summed E-state index contributed by atoms with van der Waals surface area (Å²) in [7, 11) is 1.61. The molecule has 0 radical (unpaired) electrons. The van der Waals surface area contributed by atoms with E-state index in [1.54, 1.807) is 7.11 Å². The highest BCUT2D eigenvalue weighted by Gasteiger charge is 2.42. The highest BCUT2D eigenvalue weighted by Crippen LogP contribution is 2.47. The number of carbonyl (C=O) groups is 2. The maximum atomic E-state index is 14.0. The molecule has 6 rings (SSSR count). The standard InChI is InChI=1S/C37H39NO5/c1-24-34(37(40)43-29-16-10-5-11-17-29)35(36-30(38-24)20-28(21-31(36)39)26-14-8-4-9-15-26)27-18-19-32(33(22-27)41-2)42-23-25-12-6-3-7-13-25/h3-4,6-9,12-15,18-19,22,28-29,35,38H,5,10-11,16-17,20-21,23H2,1-2H3. The Balaban J connectivity index is 1.36. The van der Waals surface area contributed by atoms with E-state index in [0.717, 1.165) is 53.8 Å². The zero-order valence-corrected chi connectivity index (χ0v) is 24.9. The van der Waals surface area contributed by atoms with E-state index in [1.807, 2.05) is 73.7 Å². The average molecular weight is 578 g/mol. The number of allylic oxidation sites excluding steroid dienone is 3. The van der Waals surface area contributed by atoms with E-state index < -0.39 is 5.92 Å². The first-order valence-electron chi connectivity index (χ1n) is 15.4. The van der Waals surface area contributed by atoms with Gasteiger partial charge in [-0.1, -0.05) is 73.2 Å². The number of ketones is 1. The van der Waals surface area contributed by atoms with Crippen molar-refractivity contribution >= 4 is 11.8 Å². The number of methoxy groups -OCH3 is 1. The minimum atomic E-state index is -0.561. The Morgan fingerprint density at radius 3 is 2.30 bits per heavy atom. The molecule has 3 aromatic rings. The summed E-state index contributed by atoms with van der Waals surface area (Å²) in [6.07, 6.45) is 6.05. The molecule has 0 bridgehead atoms. The zero-order chi connectivity index (χ0) is 29.8. The minimum absolute atomic E-state index is 0.0476. The Labute approximate surface area is 253 Å². The molecule has 1 aliphatic heterocycles. The van der Waals surface area contributed by atoms with Crippen LogP contribution >= 0.6 is 0 Å².